The molecule has 4 heteroatoms. The Morgan fingerprint density at radius 3 is 2.48 bits per heavy atom. The highest BCUT2D eigenvalue weighted by Gasteiger charge is 2.45. The molecule has 116 valence electrons. The van der Waals surface area contributed by atoms with Crippen molar-refractivity contribution in [3.8, 4) is 5.75 Å². The van der Waals surface area contributed by atoms with Gasteiger partial charge in [-0.25, -0.2) is 0 Å². The molecule has 1 aliphatic heterocycles. The first kappa shape index (κ1) is 15.1. The molecule has 21 heavy (non-hydrogen) atoms. The Labute approximate surface area is 132 Å². The van der Waals surface area contributed by atoms with Crippen LogP contribution in [-0.4, -0.2) is 30.6 Å². The average molecular weight is 309 g/mol. The zero-order valence-electron chi connectivity index (χ0n) is 12.8. The zero-order valence-corrected chi connectivity index (χ0v) is 13.5. The van der Waals surface area contributed by atoms with Crippen molar-refractivity contribution in [1.29, 1.82) is 0 Å². The van der Waals surface area contributed by atoms with Gasteiger partial charge < -0.3 is 10.5 Å². The fourth-order valence-electron chi connectivity index (χ4n) is 4.15. The van der Waals surface area contributed by atoms with Crippen molar-refractivity contribution < 1.29 is 4.74 Å². The number of rotatable bonds is 4. The predicted octanol–water partition coefficient (Wildman–Crippen LogP) is 3.76. The molecule has 0 radical (unpaired) electrons. The molecule has 2 aliphatic rings. The number of likely N-dealkylation sites (tertiary alicyclic amines) is 1. The lowest BCUT2D eigenvalue weighted by Gasteiger charge is -2.43. The van der Waals surface area contributed by atoms with Gasteiger partial charge in [-0.05, 0) is 56.5 Å². The second-order valence-corrected chi connectivity index (χ2v) is 6.78. The first-order valence-corrected chi connectivity index (χ1v) is 8.39. The van der Waals surface area contributed by atoms with Gasteiger partial charge in [0.2, 0.25) is 0 Å². The summed E-state index contributed by atoms with van der Waals surface area (Å²) in [6, 6.07) is 6.01. The number of nitrogens with zero attached hydrogens (tertiary/aromatic N) is 1. The van der Waals surface area contributed by atoms with Crippen molar-refractivity contribution in [2.45, 2.75) is 50.1 Å². The Morgan fingerprint density at radius 2 is 1.86 bits per heavy atom. The Kier molecular flexibility index (Phi) is 4.43. The molecule has 1 aromatic carbocycles. The average Bonchev–Trinajstić information content (AvgIpc) is 3.18. The van der Waals surface area contributed by atoms with Crippen molar-refractivity contribution in [1.82, 2.24) is 4.90 Å². The van der Waals surface area contributed by atoms with Gasteiger partial charge in [0, 0.05) is 11.6 Å². The monoisotopic (exact) mass is 308 g/mol. The summed E-state index contributed by atoms with van der Waals surface area (Å²) in [5.74, 6) is 0.721. The van der Waals surface area contributed by atoms with Crippen LogP contribution in [0.1, 0.15) is 50.1 Å². The lowest BCUT2D eigenvalue weighted by molar-refractivity contribution is 0.0921. The summed E-state index contributed by atoms with van der Waals surface area (Å²) < 4.78 is 5.36. The molecule has 0 aromatic heterocycles. The van der Waals surface area contributed by atoms with Gasteiger partial charge in [0.05, 0.1) is 12.1 Å². The van der Waals surface area contributed by atoms with Crippen molar-refractivity contribution in [2.75, 3.05) is 20.2 Å². The Balaban J connectivity index is 1.92. The molecule has 3 rings (SSSR count). The first-order valence-electron chi connectivity index (χ1n) is 8.01. The minimum absolute atomic E-state index is 0.0317. The Morgan fingerprint density at radius 1 is 1.19 bits per heavy atom. The molecule has 1 heterocycles. The van der Waals surface area contributed by atoms with Crippen molar-refractivity contribution in [3.05, 3.63) is 28.8 Å². The number of methoxy groups -OCH3 is 1. The van der Waals surface area contributed by atoms with Gasteiger partial charge in [0.25, 0.3) is 0 Å². The van der Waals surface area contributed by atoms with E-state index in [1.54, 1.807) is 7.11 Å². The van der Waals surface area contributed by atoms with Gasteiger partial charge in [0.15, 0.2) is 0 Å². The van der Waals surface area contributed by atoms with E-state index in [2.05, 4.69) is 11.0 Å². The van der Waals surface area contributed by atoms with Gasteiger partial charge in [0.1, 0.15) is 5.75 Å². The molecular weight excluding hydrogens is 284 g/mol. The quantitative estimate of drug-likeness (QED) is 0.920. The summed E-state index contributed by atoms with van der Waals surface area (Å²) >= 11 is 6.15. The second kappa shape index (κ2) is 6.15. The topological polar surface area (TPSA) is 38.5 Å². The minimum atomic E-state index is 0.0317. The van der Waals surface area contributed by atoms with E-state index in [9.17, 15) is 0 Å². The number of benzene rings is 1. The standard InChI is InChI=1S/C17H25ClN2O/c1-21-15-12-13(6-7-14(15)18)16(19)17(8-2-3-9-17)20-10-4-5-11-20/h6-7,12,16H,2-5,8-11,19H2,1H3. The molecule has 1 aromatic rings. The minimum Gasteiger partial charge on any atom is -0.495 e. The van der Waals surface area contributed by atoms with Crippen LogP contribution in [0.4, 0.5) is 0 Å². The largest absolute Gasteiger partial charge is 0.495 e. The highest BCUT2D eigenvalue weighted by Crippen LogP contribution is 2.45. The van der Waals surface area contributed by atoms with Gasteiger partial charge >= 0.3 is 0 Å². The van der Waals surface area contributed by atoms with E-state index in [0.717, 1.165) is 11.3 Å². The number of ether oxygens (including phenoxy) is 1. The molecule has 3 nitrogen and oxygen atoms in total. The van der Waals surface area contributed by atoms with Gasteiger partial charge in [-0.1, -0.05) is 30.5 Å². The van der Waals surface area contributed by atoms with E-state index in [1.807, 2.05) is 12.1 Å². The summed E-state index contributed by atoms with van der Waals surface area (Å²) in [6.45, 7) is 2.39. The fraction of sp³-hybridized carbons (Fsp3) is 0.647. The smallest absolute Gasteiger partial charge is 0.137 e. The van der Waals surface area contributed by atoms with Crippen LogP contribution in [0.15, 0.2) is 18.2 Å². The van der Waals surface area contributed by atoms with Crippen LogP contribution in [0, 0.1) is 0 Å². The molecule has 0 bridgehead atoms. The van der Waals surface area contributed by atoms with Gasteiger partial charge in [-0.15, -0.1) is 0 Å². The number of halogens is 1. The maximum atomic E-state index is 6.75. The van der Waals surface area contributed by atoms with E-state index in [4.69, 9.17) is 22.1 Å². The molecule has 1 aliphatic carbocycles. The molecule has 0 spiro atoms. The van der Waals surface area contributed by atoms with Gasteiger partial charge in [-0.2, -0.15) is 0 Å². The summed E-state index contributed by atoms with van der Waals surface area (Å²) in [5.41, 5.74) is 8.03. The highest BCUT2D eigenvalue weighted by molar-refractivity contribution is 6.32. The number of hydrogen-bond acceptors (Lipinski definition) is 3. The molecule has 1 saturated carbocycles. The fourth-order valence-corrected chi connectivity index (χ4v) is 4.35. The molecule has 1 atom stereocenters. The van der Waals surface area contributed by atoms with Crippen molar-refractivity contribution in [3.63, 3.8) is 0 Å². The molecule has 2 N–H and O–H groups in total. The summed E-state index contributed by atoms with van der Waals surface area (Å²) in [5, 5.41) is 0.648. The number of nitrogens with two attached hydrogens (primary N) is 1. The third kappa shape index (κ3) is 2.67. The zero-order chi connectivity index (χ0) is 14.9. The lowest BCUT2D eigenvalue weighted by Crippen LogP contribution is -2.52. The second-order valence-electron chi connectivity index (χ2n) is 6.38. The van der Waals surface area contributed by atoms with Crippen LogP contribution in [0.5, 0.6) is 5.75 Å². The maximum Gasteiger partial charge on any atom is 0.137 e. The first-order chi connectivity index (χ1) is 10.2. The summed E-state index contributed by atoms with van der Waals surface area (Å²) in [6.07, 6.45) is 7.60. The van der Waals surface area contributed by atoms with Crippen LogP contribution < -0.4 is 10.5 Å². The third-order valence-electron chi connectivity index (χ3n) is 5.32. The van der Waals surface area contributed by atoms with E-state index >= 15 is 0 Å². The van der Waals surface area contributed by atoms with E-state index < -0.39 is 0 Å². The van der Waals surface area contributed by atoms with Gasteiger partial charge in [-0.3, -0.25) is 4.90 Å². The van der Waals surface area contributed by atoms with Crippen LogP contribution in [0.3, 0.4) is 0 Å². The molecule has 1 unspecified atom stereocenters. The van der Waals surface area contributed by atoms with Crippen LogP contribution >= 0.6 is 11.6 Å². The summed E-state index contributed by atoms with van der Waals surface area (Å²) in [4.78, 5) is 2.64. The molecule has 2 fully saturated rings. The third-order valence-corrected chi connectivity index (χ3v) is 5.63. The van der Waals surface area contributed by atoms with Crippen LogP contribution in [-0.2, 0) is 0 Å². The molecule has 1 saturated heterocycles. The normalized spacial score (nSPS) is 23.4. The number of hydrogen-bond donors (Lipinski definition) is 1. The highest BCUT2D eigenvalue weighted by atomic mass is 35.5. The lowest BCUT2D eigenvalue weighted by atomic mass is 9.82. The Hall–Kier alpha value is -0.770. The molecular formula is C17H25ClN2O. The van der Waals surface area contributed by atoms with E-state index in [1.165, 1.54) is 51.6 Å². The van der Waals surface area contributed by atoms with Crippen molar-refractivity contribution >= 4 is 11.6 Å². The summed E-state index contributed by atoms with van der Waals surface area (Å²) in [7, 11) is 1.66. The predicted molar refractivity (Wildman–Crippen MR) is 86.9 cm³/mol. The Bertz CT molecular complexity index is 494. The van der Waals surface area contributed by atoms with Crippen LogP contribution in [0.25, 0.3) is 0 Å². The van der Waals surface area contributed by atoms with Crippen LogP contribution in [0.2, 0.25) is 5.02 Å². The van der Waals surface area contributed by atoms with Crippen molar-refractivity contribution in [2.24, 2.45) is 5.73 Å². The van der Waals surface area contributed by atoms with E-state index in [0.29, 0.717) is 5.02 Å². The van der Waals surface area contributed by atoms with E-state index in [-0.39, 0.29) is 11.6 Å². The SMILES string of the molecule is COc1cc(C(N)C2(N3CCCC3)CCCC2)ccc1Cl. The molecule has 0 amide bonds. The maximum absolute atomic E-state index is 6.75.